The number of rotatable bonds is 4. The van der Waals surface area contributed by atoms with E-state index < -0.39 is 16.1 Å². The minimum Gasteiger partial charge on any atom is -0.476 e. The van der Waals surface area contributed by atoms with E-state index in [2.05, 4.69) is 0 Å². The molecule has 0 aliphatic carbocycles. The Morgan fingerprint density at radius 1 is 1.26 bits per heavy atom. The number of hydrogen-bond donors (Lipinski definition) is 0. The summed E-state index contributed by atoms with van der Waals surface area (Å²) in [5.41, 5.74) is 2.47. The third-order valence-electron chi connectivity index (χ3n) is 4.38. The highest BCUT2D eigenvalue weighted by molar-refractivity contribution is 7.92. The number of fused-ring (bicyclic) bond motifs is 1. The van der Waals surface area contributed by atoms with Crippen molar-refractivity contribution in [2.45, 2.75) is 19.6 Å². The molecule has 3 rings (SSSR count). The fourth-order valence-electron chi connectivity index (χ4n) is 2.96. The monoisotopic (exact) mass is 408 g/mol. The number of carbonyl (C=O) groups is 1. The Balaban J connectivity index is 1.83. The smallest absolute Gasteiger partial charge is 0.265 e. The maximum Gasteiger partial charge on any atom is 0.265 e. The molecule has 1 heterocycles. The van der Waals surface area contributed by atoms with Crippen LogP contribution < -0.4 is 9.04 Å². The highest BCUT2D eigenvalue weighted by Crippen LogP contribution is 2.37. The second-order valence-corrected chi connectivity index (χ2v) is 9.04. The van der Waals surface area contributed by atoms with Gasteiger partial charge >= 0.3 is 0 Å². The van der Waals surface area contributed by atoms with E-state index in [9.17, 15) is 13.2 Å². The fraction of sp³-hybridized carbons (Fsp3) is 0.316. The van der Waals surface area contributed by atoms with Crippen LogP contribution in [-0.2, 0) is 21.4 Å². The largest absolute Gasteiger partial charge is 0.476 e. The number of halogens is 1. The van der Waals surface area contributed by atoms with Crippen LogP contribution in [0.2, 0.25) is 5.02 Å². The van der Waals surface area contributed by atoms with Crippen LogP contribution in [0.4, 0.5) is 5.69 Å². The average Bonchev–Trinajstić information content (AvgIpc) is 2.61. The molecule has 1 aliphatic rings. The Morgan fingerprint density at radius 2 is 1.93 bits per heavy atom. The van der Waals surface area contributed by atoms with E-state index in [4.69, 9.17) is 16.3 Å². The lowest BCUT2D eigenvalue weighted by molar-refractivity contribution is -0.137. The van der Waals surface area contributed by atoms with Crippen LogP contribution in [0.25, 0.3) is 0 Å². The number of nitrogens with zero attached hydrogens (tertiary/aromatic N) is 2. The van der Waals surface area contributed by atoms with Crippen molar-refractivity contribution in [3.05, 3.63) is 58.6 Å². The lowest BCUT2D eigenvalue weighted by atomic mass is 10.1. The van der Waals surface area contributed by atoms with Crippen LogP contribution in [0.1, 0.15) is 11.1 Å². The number of aryl methyl sites for hydroxylation is 1. The minimum atomic E-state index is -3.59. The molecule has 2 aromatic rings. The molecular weight excluding hydrogens is 388 g/mol. The van der Waals surface area contributed by atoms with Crippen molar-refractivity contribution < 1.29 is 17.9 Å². The zero-order valence-corrected chi connectivity index (χ0v) is 16.9. The van der Waals surface area contributed by atoms with Gasteiger partial charge in [-0.25, -0.2) is 8.42 Å². The summed E-state index contributed by atoms with van der Waals surface area (Å²) < 4.78 is 31.4. The molecule has 0 aromatic heterocycles. The topological polar surface area (TPSA) is 66.9 Å². The van der Waals surface area contributed by atoms with Gasteiger partial charge in [0.25, 0.3) is 5.91 Å². The standard InChI is InChI=1S/C19H21ClN2O4S/c1-13-4-6-14(7-5-13)11-21(2)19(23)18-12-22(27(3,24)25)16-10-15(20)8-9-17(16)26-18/h4-10,18H,11-12H2,1-3H3/t18-/m1/s1. The first-order valence-electron chi connectivity index (χ1n) is 8.39. The van der Waals surface area contributed by atoms with E-state index in [-0.39, 0.29) is 12.5 Å². The first-order chi connectivity index (χ1) is 12.6. The molecule has 0 N–H and O–H groups in total. The second-order valence-electron chi connectivity index (χ2n) is 6.69. The molecule has 0 saturated heterocycles. The normalized spacial score (nSPS) is 16.4. The van der Waals surface area contributed by atoms with Gasteiger partial charge in [0, 0.05) is 18.6 Å². The molecule has 8 heteroatoms. The minimum absolute atomic E-state index is 0.0940. The maximum absolute atomic E-state index is 12.9. The zero-order chi connectivity index (χ0) is 19.8. The lowest BCUT2D eigenvalue weighted by Gasteiger charge is -2.35. The van der Waals surface area contributed by atoms with Gasteiger partial charge in [0.2, 0.25) is 10.0 Å². The summed E-state index contributed by atoms with van der Waals surface area (Å²) in [5, 5.41) is 0.396. The van der Waals surface area contributed by atoms with E-state index in [0.717, 1.165) is 17.4 Å². The first-order valence-corrected chi connectivity index (χ1v) is 10.6. The molecule has 6 nitrogen and oxygen atoms in total. The number of amides is 1. The summed E-state index contributed by atoms with van der Waals surface area (Å²) in [6.07, 6.45) is 0.171. The Labute approximate surface area is 164 Å². The van der Waals surface area contributed by atoms with Crippen molar-refractivity contribution >= 4 is 33.2 Å². The van der Waals surface area contributed by atoms with Crippen LogP contribution in [-0.4, -0.2) is 45.2 Å². The molecule has 0 bridgehead atoms. The molecule has 1 aliphatic heterocycles. The van der Waals surface area contributed by atoms with Crippen molar-refractivity contribution in [2.24, 2.45) is 0 Å². The number of hydrogen-bond acceptors (Lipinski definition) is 4. The third-order valence-corrected chi connectivity index (χ3v) is 5.76. The molecule has 1 atom stereocenters. The third kappa shape index (κ3) is 4.36. The van der Waals surface area contributed by atoms with Crippen LogP contribution >= 0.6 is 11.6 Å². The van der Waals surface area contributed by atoms with Crippen LogP contribution in [0.3, 0.4) is 0 Å². The zero-order valence-electron chi connectivity index (χ0n) is 15.3. The highest BCUT2D eigenvalue weighted by Gasteiger charge is 2.36. The van der Waals surface area contributed by atoms with Crippen LogP contribution in [0.15, 0.2) is 42.5 Å². The van der Waals surface area contributed by atoms with E-state index in [0.29, 0.717) is 23.0 Å². The van der Waals surface area contributed by atoms with E-state index in [1.807, 2.05) is 31.2 Å². The Kier molecular flexibility index (Phi) is 5.35. The Bertz CT molecular complexity index is 960. The van der Waals surface area contributed by atoms with E-state index in [1.54, 1.807) is 19.2 Å². The number of sulfonamides is 1. The number of benzene rings is 2. The highest BCUT2D eigenvalue weighted by atomic mass is 35.5. The van der Waals surface area contributed by atoms with Gasteiger partial charge in [-0.2, -0.15) is 0 Å². The molecule has 0 spiro atoms. The Hall–Kier alpha value is -2.25. The molecule has 0 unspecified atom stereocenters. The van der Waals surface area contributed by atoms with Crippen LogP contribution in [0, 0.1) is 6.92 Å². The van der Waals surface area contributed by atoms with Crippen molar-refractivity contribution in [3.8, 4) is 5.75 Å². The predicted octanol–water partition coefficient (Wildman–Crippen LogP) is 2.83. The lowest BCUT2D eigenvalue weighted by Crippen LogP contribution is -2.50. The second kappa shape index (κ2) is 7.40. The molecule has 0 saturated carbocycles. The van der Waals surface area contributed by atoms with Gasteiger partial charge in [-0.1, -0.05) is 41.4 Å². The molecule has 27 heavy (non-hydrogen) atoms. The Morgan fingerprint density at radius 3 is 2.56 bits per heavy atom. The van der Waals surface area contributed by atoms with E-state index >= 15 is 0 Å². The first kappa shape index (κ1) is 19.5. The summed E-state index contributed by atoms with van der Waals surface area (Å²) in [6, 6.07) is 12.6. The quantitative estimate of drug-likeness (QED) is 0.780. The molecule has 1 amide bonds. The number of carbonyl (C=O) groups excluding carboxylic acids is 1. The van der Waals surface area contributed by atoms with Crippen molar-refractivity contribution in [1.29, 1.82) is 0 Å². The summed E-state index contributed by atoms with van der Waals surface area (Å²) in [4.78, 5) is 14.4. The fourth-order valence-corrected chi connectivity index (χ4v) is 4.03. The SMILES string of the molecule is Cc1ccc(CN(C)C(=O)[C@H]2CN(S(C)(=O)=O)c3cc(Cl)ccc3O2)cc1. The molecule has 2 aromatic carbocycles. The summed E-state index contributed by atoms with van der Waals surface area (Å²) in [5.74, 6) is 0.0305. The number of likely N-dealkylation sites (N-methyl/N-ethyl adjacent to an activating group) is 1. The van der Waals surface area contributed by atoms with Crippen molar-refractivity contribution in [1.82, 2.24) is 4.90 Å². The molecule has 144 valence electrons. The van der Waals surface area contributed by atoms with Gasteiger partial charge in [0.1, 0.15) is 5.75 Å². The number of ether oxygens (including phenoxy) is 1. The molecule has 0 radical (unpaired) electrons. The van der Waals surface area contributed by atoms with Crippen molar-refractivity contribution in [2.75, 3.05) is 24.2 Å². The van der Waals surface area contributed by atoms with Gasteiger partial charge in [0.15, 0.2) is 6.10 Å². The van der Waals surface area contributed by atoms with Crippen molar-refractivity contribution in [3.63, 3.8) is 0 Å². The van der Waals surface area contributed by atoms with Crippen LogP contribution in [0.5, 0.6) is 5.75 Å². The van der Waals surface area contributed by atoms with Gasteiger partial charge < -0.3 is 9.64 Å². The van der Waals surface area contributed by atoms with Gasteiger partial charge in [-0.15, -0.1) is 0 Å². The van der Waals surface area contributed by atoms with Gasteiger partial charge in [-0.05, 0) is 30.7 Å². The number of anilines is 1. The van der Waals surface area contributed by atoms with Gasteiger partial charge in [-0.3, -0.25) is 9.10 Å². The van der Waals surface area contributed by atoms with E-state index in [1.165, 1.54) is 15.3 Å². The summed E-state index contributed by atoms with van der Waals surface area (Å²) in [7, 11) is -1.91. The molecule has 0 fully saturated rings. The predicted molar refractivity (Wildman–Crippen MR) is 106 cm³/mol. The average molecular weight is 409 g/mol. The summed E-state index contributed by atoms with van der Waals surface area (Å²) >= 11 is 5.99. The van der Waals surface area contributed by atoms with Gasteiger partial charge in [0.05, 0.1) is 18.5 Å². The summed E-state index contributed by atoms with van der Waals surface area (Å²) in [6.45, 7) is 2.31. The molecular formula is C19H21ClN2O4S. The maximum atomic E-state index is 12.9.